The fourth-order valence-corrected chi connectivity index (χ4v) is 1.15. The number of rotatable bonds is 3. The van der Waals surface area contributed by atoms with Crippen LogP contribution in [0.5, 0.6) is 0 Å². The molecule has 0 fully saturated rings. The number of allylic oxidation sites excluding steroid dienone is 10. The first-order valence-electron chi connectivity index (χ1n) is 4.44. The van der Waals surface area contributed by atoms with Crippen molar-refractivity contribution in [3.8, 4) is 0 Å². The third kappa shape index (κ3) is 5.19. The second-order valence-corrected chi connectivity index (χ2v) is 3.05. The van der Waals surface area contributed by atoms with E-state index in [9.17, 15) is 0 Å². The molecule has 0 aromatic heterocycles. The van der Waals surface area contributed by atoms with E-state index in [0.717, 1.165) is 6.42 Å². The van der Waals surface area contributed by atoms with E-state index in [1.807, 2.05) is 25.2 Å². The van der Waals surface area contributed by atoms with Crippen LogP contribution >= 0.6 is 0 Å². The van der Waals surface area contributed by atoms with Crippen molar-refractivity contribution in [2.45, 2.75) is 20.3 Å². The van der Waals surface area contributed by atoms with Gasteiger partial charge in [-0.15, -0.1) is 6.92 Å². The minimum absolute atomic E-state index is 0. The van der Waals surface area contributed by atoms with Crippen molar-refractivity contribution in [3.63, 3.8) is 0 Å². The third-order valence-corrected chi connectivity index (χ3v) is 1.80. The molecule has 0 nitrogen and oxygen atoms in total. The van der Waals surface area contributed by atoms with Crippen LogP contribution in [-0.4, -0.2) is 0 Å². The van der Waals surface area contributed by atoms with E-state index in [0.29, 0.717) is 0 Å². The van der Waals surface area contributed by atoms with Crippen LogP contribution < -0.4 is 0 Å². The van der Waals surface area contributed by atoms with Crippen LogP contribution in [0.15, 0.2) is 47.6 Å². The predicted molar refractivity (Wildman–Crippen MR) is 56.9 cm³/mol. The van der Waals surface area contributed by atoms with Crippen molar-refractivity contribution in [2.75, 3.05) is 0 Å². The molecule has 14 heavy (non-hydrogen) atoms. The molecule has 0 aliphatic heterocycles. The predicted octanol–water partition coefficient (Wildman–Crippen LogP) is 3.56. The summed E-state index contributed by atoms with van der Waals surface area (Å²) in [5.74, 6) is 0. The summed E-state index contributed by atoms with van der Waals surface area (Å²) in [5.41, 5.74) is 2.77. The van der Waals surface area contributed by atoms with Crippen LogP contribution in [0, 0.1) is 12.2 Å². The van der Waals surface area contributed by atoms with Crippen LogP contribution in [-0.2, 0) is 21.1 Å². The van der Waals surface area contributed by atoms with Gasteiger partial charge in [-0.3, -0.25) is 6.08 Å². The van der Waals surface area contributed by atoms with Crippen molar-refractivity contribution in [3.05, 3.63) is 59.8 Å². The van der Waals surface area contributed by atoms with Gasteiger partial charge in [0, 0.05) is 0 Å². The van der Waals surface area contributed by atoms with Gasteiger partial charge in [-0.1, -0.05) is 23.3 Å². The smallest absolute Gasteiger partial charge is 0.346 e. The van der Waals surface area contributed by atoms with Gasteiger partial charge in [0.2, 0.25) is 0 Å². The van der Waals surface area contributed by atoms with Crippen molar-refractivity contribution in [2.24, 2.45) is 0 Å². The minimum Gasteiger partial charge on any atom is -0.346 e. The Balaban J connectivity index is 0.00000169. The molecule has 1 rings (SSSR count). The third-order valence-electron chi connectivity index (χ3n) is 1.80. The van der Waals surface area contributed by atoms with Crippen LogP contribution in [0.2, 0.25) is 0 Å². The molecule has 0 amide bonds. The van der Waals surface area contributed by atoms with E-state index in [1.54, 1.807) is 0 Å². The number of hydrogen-bond donors (Lipinski definition) is 0. The van der Waals surface area contributed by atoms with Crippen molar-refractivity contribution >= 4 is 0 Å². The summed E-state index contributed by atoms with van der Waals surface area (Å²) in [6.07, 6.45) is 19.0. The molecule has 72 valence electrons. The fourth-order valence-electron chi connectivity index (χ4n) is 1.15. The van der Waals surface area contributed by atoms with Crippen LogP contribution in [0.1, 0.15) is 20.3 Å². The molecule has 0 saturated carbocycles. The number of hydrogen-bond acceptors (Lipinski definition) is 0. The summed E-state index contributed by atoms with van der Waals surface area (Å²) in [6.45, 7) is 4.01. The normalized spacial score (nSPS) is 16.4. The van der Waals surface area contributed by atoms with Crippen LogP contribution in [0.3, 0.4) is 0 Å². The van der Waals surface area contributed by atoms with Gasteiger partial charge in [-0.05, 0) is 13.3 Å². The van der Waals surface area contributed by atoms with E-state index < -0.39 is 0 Å². The quantitative estimate of drug-likeness (QED) is 0.537. The molecular weight excluding hydrogens is 340 g/mol. The maximum Gasteiger partial charge on any atom is 2.00 e. The van der Waals surface area contributed by atoms with E-state index in [2.05, 4.69) is 37.3 Å². The van der Waals surface area contributed by atoms with Crippen molar-refractivity contribution < 1.29 is 21.1 Å². The van der Waals surface area contributed by atoms with Crippen LogP contribution in [0.4, 0.5) is 0 Å². The Kier molecular flexibility index (Phi) is 7.42. The molecule has 0 aromatic rings. The minimum atomic E-state index is 0. The molecular formula is C13H14W. The van der Waals surface area contributed by atoms with Crippen molar-refractivity contribution in [1.82, 2.24) is 0 Å². The zero-order chi connectivity index (χ0) is 9.52. The Morgan fingerprint density at radius 1 is 1.29 bits per heavy atom. The molecule has 0 spiro atoms. The SMILES string of the molecule is C[C-]=CC=[C-]/C=C/C1=CC=C(C)C1.[W+2]. The van der Waals surface area contributed by atoms with Gasteiger partial charge in [0.1, 0.15) is 0 Å². The maximum absolute atomic E-state index is 3.04. The molecule has 0 atom stereocenters. The second-order valence-electron chi connectivity index (χ2n) is 3.05. The van der Waals surface area contributed by atoms with Gasteiger partial charge in [0.15, 0.2) is 0 Å². The topological polar surface area (TPSA) is 0 Å². The summed E-state index contributed by atoms with van der Waals surface area (Å²) in [5, 5.41) is 0. The fraction of sp³-hybridized carbons (Fsp3) is 0.231. The largest absolute Gasteiger partial charge is 2.00 e. The van der Waals surface area contributed by atoms with E-state index in [1.165, 1.54) is 11.1 Å². The molecule has 0 heterocycles. The Labute approximate surface area is 101 Å². The first kappa shape index (κ1) is 13.4. The molecule has 0 radical (unpaired) electrons. The van der Waals surface area contributed by atoms with E-state index in [-0.39, 0.29) is 21.1 Å². The first-order valence-corrected chi connectivity index (χ1v) is 4.44. The van der Waals surface area contributed by atoms with Crippen LogP contribution in [0.25, 0.3) is 0 Å². The van der Waals surface area contributed by atoms with Crippen molar-refractivity contribution in [1.29, 1.82) is 0 Å². The summed E-state index contributed by atoms with van der Waals surface area (Å²) >= 11 is 0. The van der Waals surface area contributed by atoms with E-state index >= 15 is 0 Å². The average molecular weight is 354 g/mol. The molecule has 0 N–H and O–H groups in total. The molecule has 0 aromatic carbocycles. The zero-order valence-electron chi connectivity index (χ0n) is 8.58. The molecule has 0 saturated heterocycles. The Morgan fingerprint density at radius 2 is 2.07 bits per heavy atom. The monoisotopic (exact) mass is 354 g/mol. The zero-order valence-corrected chi connectivity index (χ0v) is 11.5. The van der Waals surface area contributed by atoms with Gasteiger partial charge in [-0.2, -0.15) is 12.2 Å². The summed E-state index contributed by atoms with van der Waals surface area (Å²) < 4.78 is 0. The maximum atomic E-state index is 3.04. The Bertz CT molecular complexity index is 301. The molecule has 0 bridgehead atoms. The van der Waals surface area contributed by atoms with Gasteiger partial charge in [-0.25, -0.2) is 0 Å². The second kappa shape index (κ2) is 7.76. The van der Waals surface area contributed by atoms with Gasteiger partial charge < -0.3 is 18.2 Å². The molecule has 0 unspecified atom stereocenters. The Hall–Kier alpha value is -0.612. The van der Waals surface area contributed by atoms with E-state index in [4.69, 9.17) is 0 Å². The first-order chi connectivity index (χ1) is 6.33. The molecule has 1 heteroatoms. The summed E-state index contributed by atoms with van der Waals surface area (Å²) in [7, 11) is 0. The summed E-state index contributed by atoms with van der Waals surface area (Å²) in [4.78, 5) is 0. The average Bonchev–Trinajstić information content (AvgIpc) is 2.51. The molecule has 1 aliphatic rings. The van der Waals surface area contributed by atoms with Gasteiger partial charge in [0.25, 0.3) is 0 Å². The van der Waals surface area contributed by atoms with Gasteiger partial charge in [0.05, 0.1) is 0 Å². The van der Waals surface area contributed by atoms with Gasteiger partial charge >= 0.3 is 21.1 Å². The molecule has 1 aliphatic carbocycles. The standard InChI is InChI=1S/C13H14.W/c1-3-4-5-6-7-8-13-10-9-12(2)11-13;/h4-5,7-10H,11H2,1-2H3;/q-2;+2/b8-7+;. The Morgan fingerprint density at radius 3 is 2.64 bits per heavy atom. The summed E-state index contributed by atoms with van der Waals surface area (Å²) in [6, 6.07) is 0.